The van der Waals surface area contributed by atoms with Crippen LogP contribution in [0.15, 0.2) is 70.0 Å². The van der Waals surface area contributed by atoms with E-state index in [1.165, 1.54) is 42.0 Å². The zero-order valence-corrected chi connectivity index (χ0v) is 78.4. The highest BCUT2D eigenvalue weighted by Crippen LogP contribution is 2.62. The monoisotopic (exact) mass is 2120 g/mol. The number of rotatable bonds is 6. The van der Waals surface area contributed by atoms with Crippen LogP contribution in [0.2, 0.25) is 0 Å². The van der Waals surface area contributed by atoms with E-state index in [9.17, 15) is 43.4 Å². The van der Waals surface area contributed by atoms with Gasteiger partial charge >= 0.3 is 40.4 Å². The lowest BCUT2D eigenvalue weighted by molar-refractivity contribution is -0.0903. The van der Waals surface area contributed by atoms with Gasteiger partial charge in [-0.3, -0.25) is 61.1 Å². The quantitative estimate of drug-likeness (QED) is 0.0607. The lowest BCUT2D eigenvalue weighted by atomic mass is 9.99. The Hall–Kier alpha value is -8.68. The van der Waals surface area contributed by atoms with Crippen molar-refractivity contribution < 1.29 is 125 Å². The molecule has 0 saturated carbocycles. The summed E-state index contributed by atoms with van der Waals surface area (Å²) >= 11 is 30.3. The van der Waals surface area contributed by atoms with E-state index in [-0.39, 0.29) is 70.6 Å². The highest BCUT2D eigenvalue weighted by atomic mass is 32.7. The maximum Gasteiger partial charge on any atom is 0.386 e. The maximum atomic E-state index is 15.9. The number of anilines is 6. The van der Waals surface area contributed by atoms with Crippen LogP contribution in [-0.2, 0) is 146 Å². The van der Waals surface area contributed by atoms with Crippen LogP contribution in [0.1, 0.15) is 62.1 Å². The average molecular weight is 2130 g/mol. The SMILES string of the molecule is C#C[C@@]12COP(O)(=S)O[C@@H]3[C@@H](F)[C@@H](COP(=O)(S)O[C@H]1C[C@H](n1cnc4c(N)ccnc41)O2)O[C@H]3n1nnc2c(=O)[nH]c(N)nc21.C#C[C@@]12COP(O)(=S)O[C@@H]3[C@@H](F)[C@@H](COP(O)(=S)O[C@H]1C[C@H](n1cnc4c(N)ccnc41)O2)O[C@H]3n1nnc2c(=O)[nH]c(N)nc21.Nc1nc2c(nnn2[C@@H]2O[C@@H]3COP(O)(=S)O[C@H]4C[C@H](c5cnn6c(N)ccnc56)O[C@@H]4COP(O)(=S)O[C@@H]2[C@H]3F)c(=O)[nH]1. The first-order chi connectivity index (χ1) is 64.5. The first kappa shape index (κ1) is 96.2. The molecule has 0 spiro atoms. The van der Waals surface area contributed by atoms with Crippen molar-refractivity contribution in [3.05, 3.63) is 92.3 Å². The normalized spacial score (nSPS) is 36.8. The lowest BCUT2D eigenvalue weighted by Crippen LogP contribution is -2.43. The van der Waals surface area contributed by atoms with Crippen molar-refractivity contribution in [3.63, 3.8) is 0 Å². The summed E-state index contributed by atoms with van der Waals surface area (Å²) in [6.45, 7) is -29.2. The van der Waals surface area contributed by atoms with Crippen molar-refractivity contribution in [1.29, 1.82) is 0 Å². The minimum atomic E-state index is -4.39. The molecule has 136 heavy (non-hydrogen) atoms. The van der Waals surface area contributed by atoms with E-state index in [0.717, 1.165) is 14.0 Å². The third-order valence-corrected chi connectivity index (χ3v) is 31.7. The van der Waals surface area contributed by atoms with E-state index in [4.69, 9.17) is 189 Å². The summed E-state index contributed by atoms with van der Waals surface area (Å²) in [4.78, 5) is 133. The van der Waals surface area contributed by atoms with Crippen molar-refractivity contribution in [2.24, 2.45) is 0 Å². The van der Waals surface area contributed by atoms with Gasteiger partial charge < -0.3 is 119 Å². The Morgan fingerprint density at radius 3 is 1.29 bits per heavy atom. The van der Waals surface area contributed by atoms with Gasteiger partial charge in [-0.1, -0.05) is 39.7 Å². The molecule has 9 fully saturated rings. The number of nitrogen functional groups attached to an aromatic ring is 6. The molecule has 21 rings (SSSR count). The van der Waals surface area contributed by atoms with E-state index in [0.29, 0.717) is 50.7 Å². The van der Waals surface area contributed by atoms with E-state index >= 15 is 13.2 Å². The van der Waals surface area contributed by atoms with E-state index in [2.05, 4.69) is 115 Å². The molecule has 9 saturated heterocycles. The maximum absolute atomic E-state index is 15.9. The number of nitrogens with two attached hydrogens (primary N) is 6. The smallest absolute Gasteiger partial charge is 0.386 e. The highest BCUT2D eigenvalue weighted by Gasteiger charge is 2.60. The minimum absolute atomic E-state index is 0.0298. The number of H-pyrrole nitrogens is 3. The second-order valence-electron chi connectivity index (χ2n) is 30.8. The summed E-state index contributed by atoms with van der Waals surface area (Å²) in [6.07, 6.45) is -6.23. The van der Waals surface area contributed by atoms with E-state index < -0.39 is 225 Å². The standard InChI is InChI=1S/2C22H23FN10O9P2S2.C20H23FN10O9P2S2/c2*1-2-22-7-38-44(36,46)42-16-13(23)10(39-20(16)33-18-15(30-31-33)19(34)29-21(25)28-18)6-37-43(35,45)41-11(22)5-12(40-22)32-8-27-14-9(24)3-4-26-17(14)32;21-13-11-6-36-41(33,43)39-9-3-8(7-4-25-30-12(22)1-2-24-16(7)30)37-10(9)5-35-42(34,44)40-15(13)19(38-11)31-17-14(28-29-31)18(32)27-20(23)26-17/h2*1,3-4,8,10-13,16,20H,5-7H2,(H2,24,26)(H,35,45)(H,36,46)(H3,25,28,29,34);1-2,4,8-11,13,15,19H,3,5-6,22H2,(H,33,43)(H,34,44)(H3,23,26,27,32)/t2*10-,11+,12-,13+,16-,20-,22-,43?,44?;8-,9+,10-,11-,13+,15-,19-,41?,42?/m111/s1. The topological polar surface area (TPSA) is 761 Å². The van der Waals surface area contributed by atoms with Gasteiger partial charge in [-0.25, -0.2) is 42.7 Å². The molecule has 72 heteroatoms. The second-order valence-corrected chi connectivity index (χ2v) is 47.6. The molecular formula is C64H69F3N30O27P6S6. The Balaban J connectivity index is 0.000000131. The summed E-state index contributed by atoms with van der Waals surface area (Å²) in [6, 6.07) is 4.74. The van der Waals surface area contributed by atoms with Crippen molar-refractivity contribution >= 4 is 208 Å². The van der Waals surface area contributed by atoms with Gasteiger partial charge in [0.1, 0.15) is 84.2 Å². The molecule has 6 bridgehead atoms. The van der Waals surface area contributed by atoms with Crippen LogP contribution < -0.4 is 51.1 Å². The van der Waals surface area contributed by atoms with Crippen LogP contribution in [-0.4, -0.2) is 273 Å². The lowest BCUT2D eigenvalue weighted by Gasteiger charge is -2.32. The van der Waals surface area contributed by atoms with Crippen LogP contribution in [0.3, 0.4) is 0 Å². The number of terminal acetylenes is 2. The molecule has 0 aromatic carbocycles. The number of aromatic amines is 3. The molecule has 9 aliphatic heterocycles. The fourth-order valence-corrected chi connectivity index (χ4v) is 24.7. The molecule has 0 radical (unpaired) electrons. The summed E-state index contributed by atoms with van der Waals surface area (Å²) in [5, 5.41) is 27.1. The van der Waals surface area contributed by atoms with Gasteiger partial charge in [0.05, 0.1) is 82.1 Å². The molecule has 57 nitrogen and oxygen atoms in total. The molecule has 9 aliphatic rings. The number of hydrogen-bond donors (Lipinski definition) is 15. The first-order valence-corrected chi connectivity index (χ1v) is 55.0. The number of nitrogens with one attached hydrogen (secondary N) is 3. The van der Waals surface area contributed by atoms with Gasteiger partial charge in [0, 0.05) is 43.4 Å². The number of fused-ring (bicyclic) bond motifs is 15. The predicted octanol–water partition coefficient (Wildman–Crippen LogP) is 0.362. The molecular weight excluding hydrogens is 2060 g/mol. The number of thiol groups is 1. The summed E-state index contributed by atoms with van der Waals surface area (Å²) in [7, 11) is 0. The Kier molecular flexibility index (Phi) is 25.8. The fraction of sp³-hybridized carbons (Fsp3) is 0.469. The van der Waals surface area contributed by atoms with E-state index in [1.54, 1.807) is 27.3 Å². The Morgan fingerprint density at radius 1 is 0.471 bits per heavy atom. The number of aromatic nitrogens is 24. The molecule has 0 amide bonds. The third kappa shape index (κ3) is 18.5. The van der Waals surface area contributed by atoms with Crippen LogP contribution in [0, 0.1) is 24.7 Å². The summed E-state index contributed by atoms with van der Waals surface area (Å²) < 4.78 is 172. The van der Waals surface area contributed by atoms with Gasteiger partial charge in [-0.05, 0) is 77.2 Å². The van der Waals surface area contributed by atoms with Crippen molar-refractivity contribution in [2.75, 3.05) is 74.0 Å². The minimum Gasteiger partial charge on any atom is -0.397 e. The number of imidazole rings is 2. The molecule has 12 aromatic rings. The number of nitrogens with zero attached hydrogens (tertiary/aromatic N) is 21. The molecule has 27 atom stereocenters. The Morgan fingerprint density at radius 2 is 0.853 bits per heavy atom. The van der Waals surface area contributed by atoms with Gasteiger partial charge in [-0.15, -0.1) is 28.1 Å². The molecule has 20 N–H and O–H groups in total. The summed E-state index contributed by atoms with van der Waals surface area (Å²) in [5.41, 5.74) is 31.3. The third-order valence-electron chi connectivity index (χ3n) is 22.3. The van der Waals surface area contributed by atoms with Crippen LogP contribution in [0.25, 0.3) is 61.5 Å². The van der Waals surface area contributed by atoms with Gasteiger partial charge in [0.15, 0.2) is 98.8 Å². The summed E-state index contributed by atoms with van der Waals surface area (Å²) in [5.74, 6) is 4.43. The highest BCUT2D eigenvalue weighted by molar-refractivity contribution is 8.44. The van der Waals surface area contributed by atoms with Gasteiger partial charge in [-0.2, -0.15) is 38.6 Å². The fourth-order valence-electron chi connectivity index (χ4n) is 16.0. The Bertz CT molecular complexity index is 7080. The predicted molar refractivity (Wildman–Crippen MR) is 478 cm³/mol. The number of hydrogen-bond acceptors (Lipinski definition) is 48. The van der Waals surface area contributed by atoms with Crippen molar-refractivity contribution in [3.8, 4) is 24.7 Å². The molecule has 21 heterocycles. The molecule has 0 aliphatic carbocycles. The van der Waals surface area contributed by atoms with Crippen molar-refractivity contribution in [2.45, 2.75) is 147 Å². The van der Waals surface area contributed by atoms with Crippen LogP contribution in [0.4, 0.5) is 48.2 Å². The Labute approximate surface area is 785 Å². The molecule has 12 aromatic heterocycles. The van der Waals surface area contributed by atoms with Crippen molar-refractivity contribution in [1.82, 2.24) is 119 Å². The zero-order chi connectivity index (χ0) is 96.2. The van der Waals surface area contributed by atoms with E-state index in [1.807, 2.05) is 0 Å². The first-order valence-electron chi connectivity index (χ1n) is 39.3. The largest absolute Gasteiger partial charge is 0.397 e. The second kappa shape index (κ2) is 36.4. The molecule has 724 valence electrons. The zero-order valence-electron chi connectivity index (χ0n) is 68.1. The van der Waals surface area contributed by atoms with Gasteiger partial charge in [0.2, 0.25) is 17.8 Å². The number of alkyl halides is 3. The number of ether oxygens (including phenoxy) is 6. The molecule has 6 unspecified atom stereocenters. The van der Waals surface area contributed by atoms with Gasteiger partial charge in [0.25, 0.3) is 16.7 Å². The number of halogens is 3. The average Bonchev–Trinajstić information content (AvgIpc) is 1.61. The van der Waals surface area contributed by atoms with Crippen LogP contribution >= 0.6 is 52.6 Å². The number of pyridine rings is 2. The van der Waals surface area contributed by atoms with Crippen LogP contribution in [0.5, 0.6) is 0 Å².